The van der Waals surface area contributed by atoms with Crippen LogP contribution < -0.4 is 15.0 Å². The lowest BCUT2D eigenvalue weighted by Crippen LogP contribution is -2.46. The van der Waals surface area contributed by atoms with E-state index in [1.165, 1.54) is 18.3 Å². The maximum atomic E-state index is 16.7. The van der Waals surface area contributed by atoms with Crippen molar-refractivity contribution >= 4 is 45.4 Å². The summed E-state index contributed by atoms with van der Waals surface area (Å²) in [5.74, 6) is -2.45. The zero-order valence-corrected chi connectivity index (χ0v) is 37.7. The molecule has 1 unspecified atom stereocenters. The Kier molecular flexibility index (Phi) is 13.6. The van der Waals surface area contributed by atoms with Crippen molar-refractivity contribution in [3.63, 3.8) is 0 Å². The minimum absolute atomic E-state index is 0.0496. The van der Waals surface area contributed by atoms with Crippen LogP contribution in [-0.4, -0.2) is 63.3 Å². The minimum Gasteiger partial charge on any atom is -0.490 e. The highest BCUT2D eigenvalue weighted by Gasteiger charge is 2.43. The summed E-state index contributed by atoms with van der Waals surface area (Å²) in [7, 11) is -4.86. The number of nitrogens with one attached hydrogen (secondary N) is 1. The van der Waals surface area contributed by atoms with Gasteiger partial charge in [0.1, 0.15) is 34.9 Å². The number of carbonyl (C=O) groups is 2. The van der Waals surface area contributed by atoms with Crippen molar-refractivity contribution < 1.29 is 55.0 Å². The molecule has 0 aliphatic heterocycles. The Bertz CT molecular complexity index is 1990. The van der Waals surface area contributed by atoms with Crippen LogP contribution in [0.1, 0.15) is 97.9 Å². The van der Waals surface area contributed by atoms with E-state index >= 15 is 4.39 Å². The van der Waals surface area contributed by atoms with Crippen molar-refractivity contribution in [3.05, 3.63) is 64.9 Å². The van der Waals surface area contributed by atoms with Crippen molar-refractivity contribution in [2.75, 3.05) is 11.5 Å². The predicted octanol–water partition coefficient (Wildman–Crippen LogP) is 11.7. The summed E-state index contributed by atoms with van der Waals surface area (Å²) in [6.45, 7) is 25.9. The highest BCUT2D eigenvalue weighted by Crippen LogP contribution is 2.44. The van der Waals surface area contributed by atoms with Gasteiger partial charge in [0.05, 0.1) is 18.3 Å². The smallest absolute Gasteiger partial charge is 0.425 e. The Morgan fingerprint density at radius 1 is 0.897 bits per heavy atom. The highest BCUT2D eigenvalue weighted by atomic mass is 28.4. The number of anilines is 1. The predicted molar refractivity (Wildman–Crippen MR) is 218 cm³/mol. The van der Waals surface area contributed by atoms with Crippen LogP contribution in [0.5, 0.6) is 5.75 Å². The van der Waals surface area contributed by atoms with Gasteiger partial charge in [0, 0.05) is 29.7 Å². The van der Waals surface area contributed by atoms with Crippen molar-refractivity contribution in [1.29, 1.82) is 0 Å². The first-order valence-electron chi connectivity index (χ1n) is 19.3. The van der Waals surface area contributed by atoms with Gasteiger partial charge >= 0.3 is 18.4 Å². The second-order valence-electron chi connectivity index (χ2n) is 19.0. The molecule has 0 spiro atoms. The monoisotopic (exact) mass is 855 g/mol. The normalized spacial score (nSPS) is 17.5. The molecule has 2 aromatic carbocycles. The zero-order chi connectivity index (χ0) is 44.0. The van der Waals surface area contributed by atoms with Crippen molar-refractivity contribution in [2.24, 2.45) is 0 Å². The summed E-state index contributed by atoms with van der Waals surface area (Å²) >= 11 is 0. The second-order valence-corrected chi connectivity index (χ2v) is 28.5. The van der Waals surface area contributed by atoms with E-state index in [1.54, 1.807) is 20.8 Å². The lowest BCUT2D eigenvalue weighted by atomic mass is 9.88. The molecule has 10 nitrogen and oxygen atoms in total. The van der Waals surface area contributed by atoms with Gasteiger partial charge in [-0.25, -0.2) is 23.4 Å². The van der Waals surface area contributed by atoms with E-state index in [0.717, 1.165) is 6.07 Å². The number of halogens is 5. The van der Waals surface area contributed by atoms with E-state index in [0.29, 0.717) is 40.8 Å². The van der Waals surface area contributed by atoms with Gasteiger partial charge < -0.3 is 28.7 Å². The molecule has 3 aromatic rings. The molecule has 1 atom stereocenters. The molecule has 1 heterocycles. The molecule has 0 radical (unpaired) electrons. The number of rotatable bonds is 12. The molecule has 1 aromatic heterocycles. The lowest BCUT2D eigenvalue weighted by Gasteiger charge is -2.42. The molecule has 17 heteroatoms. The van der Waals surface area contributed by atoms with Crippen LogP contribution in [0.25, 0.3) is 10.8 Å². The van der Waals surface area contributed by atoms with Crippen LogP contribution in [0.4, 0.5) is 37.4 Å². The van der Waals surface area contributed by atoms with Gasteiger partial charge in [-0.05, 0) is 111 Å². The Labute approximate surface area is 340 Å². The van der Waals surface area contributed by atoms with Crippen LogP contribution in [0.15, 0.2) is 36.5 Å². The van der Waals surface area contributed by atoms with E-state index in [4.69, 9.17) is 18.3 Å². The fourth-order valence-corrected chi connectivity index (χ4v) is 8.04. The summed E-state index contributed by atoms with van der Waals surface area (Å²) in [5.41, 5.74) is -1.84. The van der Waals surface area contributed by atoms with Gasteiger partial charge in [0.15, 0.2) is 16.6 Å². The third-order valence-electron chi connectivity index (χ3n) is 11.3. The number of benzene rings is 2. The number of aromatic nitrogens is 1. The number of fused-ring (bicyclic) bond motifs is 1. The number of amides is 2. The molecule has 4 rings (SSSR count). The van der Waals surface area contributed by atoms with Gasteiger partial charge in [0.2, 0.25) is 0 Å². The van der Waals surface area contributed by atoms with Crippen molar-refractivity contribution in [1.82, 2.24) is 10.3 Å². The molecular weight excluding hydrogens is 798 g/mol. The summed E-state index contributed by atoms with van der Waals surface area (Å²) < 4.78 is 95.1. The largest absolute Gasteiger partial charge is 0.490 e. The van der Waals surface area contributed by atoms with Crippen LogP contribution >= 0.6 is 0 Å². The van der Waals surface area contributed by atoms with Gasteiger partial charge in [-0.3, -0.25) is 0 Å². The zero-order valence-electron chi connectivity index (χ0n) is 35.7. The number of ether oxygens (including phenoxy) is 2. The SMILES string of the molecule is CC(C)(C)OC(=O)N(C(=O)O)c1cc2c(CN[C@H]3C[C@H](Oc4ccc(F)c(C(F)(F)F)c4)C3)c(F)cc(C(CO[Si](C)(C)C(C)(C)C)O[Si](C)(C)C(C)(C)C)c2cn1. The average Bonchev–Trinajstić information content (AvgIpc) is 3.02. The number of imide groups is 1. The Balaban J connectivity index is 1.76. The Morgan fingerprint density at radius 2 is 1.50 bits per heavy atom. The number of hydrogen-bond acceptors (Lipinski definition) is 8. The first kappa shape index (κ1) is 47.0. The van der Waals surface area contributed by atoms with E-state index in [2.05, 4.69) is 78.0 Å². The Hall–Kier alpha value is -3.65. The maximum Gasteiger partial charge on any atom is 0.425 e. The number of carbonyl (C=O) groups excluding carboxylic acids is 1. The first-order chi connectivity index (χ1) is 26.3. The van der Waals surface area contributed by atoms with Gasteiger partial charge in [-0.15, -0.1) is 0 Å². The van der Waals surface area contributed by atoms with Crippen molar-refractivity contribution in [3.8, 4) is 5.75 Å². The topological polar surface area (TPSA) is 119 Å². The van der Waals surface area contributed by atoms with Crippen LogP contribution in [0.3, 0.4) is 0 Å². The molecule has 2 amide bonds. The molecule has 322 valence electrons. The lowest BCUT2D eigenvalue weighted by molar-refractivity contribution is -0.140. The molecule has 1 aliphatic carbocycles. The van der Waals surface area contributed by atoms with Crippen LogP contribution in [0.2, 0.25) is 36.3 Å². The number of carboxylic acid groups (broad SMARTS) is 1. The van der Waals surface area contributed by atoms with Gasteiger partial charge in [-0.1, -0.05) is 41.5 Å². The number of alkyl halides is 3. The first-order valence-corrected chi connectivity index (χ1v) is 25.1. The van der Waals surface area contributed by atoms with E-state index in [-0.39, 0.29) is 51.8 Å². The summed E-state index contributed by atoms with van der Waals surface area (Å²) in [5, 5.41) is 13.8. The molecule has 0 bridgehead atoms. The standard InChI is InChI=1S/C41H58F5N3O7Si2/c1-38(2,3)55-37(52)49(36(50)51)35-20-27-29(21-48-35)28(34(56-58(12,13)40(7,8)9)23-53-57(10,11)39(4,5)6)19-33(43)30(27)22-47-24-16-26(17-24)54-25-14-15-32(42)31(18-25)41(44,45)46/h14-15,18-21,24,26,34,47H,16-17,22-23H2,1-13H3,(H,50,51)/t24-,26-,34?. The third kappa shape index (κ3) is 11.1. The number of hydrogen-bond donors (Lipinski definition) is 2. The molecule has 58 heavy (non-hydrogen) atoms. The highest BCUT2D eigenvalue weighted by molar-refractivity contribution is 6.74. The summed E-state index contributed by atoms with van der Waals surface area (Å²) in [6.07, 6.45) is -6.80. The molecule has 1 saturated carbocycles. The quantitative estimate of drug-likeness (QED) is 0.135. The van der Waals surface area contributed by atoms with Crippen LogP contribution in [0, 0.1) is 11.6 Å². The third-order valence-corrected chi connectivity index (χ3v) is 20.3. The summed E-state index contributed by atoms with van der Waals surface area (Å²) in [4.78, 5) is 30.4. The van der Waals surface area contributed by atoms with E-state index in [1.807, 2.05) is 0 Å². The number of pyridine rings is 1. The minimum atomic E-state index is -4.88. The molecule has 0 saturated heterocycles. The molecule has 1 fully saturated rings. The fourth-order valence-electron chi connectivity index (χ4n) is 5.78. The van der Waals surface area contributed by atoms with E-state index < -0.39 is 70.0 Å². The van der Waals surface area contributed by atoms with Crippen molar-refractivity contribution in [2.45, 2.75) is 148 Å². The molecule has 1 aliphatic rings. The molecular formula is C41H58F5N3O7Si2. The van der Waals surface area contributed by atoms with Gasteiger partial charge in [0.25, 0.3) is 0 Å². The maximum absolute atomic E-state index is 16.7. The number of nitrogens with zero attached hydrogens (tertiary/aromatic N) is 2. The second kappa shape index (κ2) is 16.8. The summed E-state index contributed by atoms with van der Waals surface area (Å²) in [6, 6.07) is 4.99. The average molecular weight is 856 g/mol. The Morgan fingerprint density at radius 3 is 2.03 bits per heavy atom. The fraction of sp³-hybridized carbons (Fsp3) is 0.585. The molecule has 2 N–H and O–H groups in total. The van der Waals surface area contributed by atoms with Crippen LogP contribution in [-0.2, 0) is 26.3 Å². The van der Waals surface area contributed by atoms with Gasteiger partial charge in [-0.2, -0.15) is 18.1 Å². The van der Waals surface area contributed by atoms with E-state index in [9.17, 15) is 32.3 Å².